The molecule has 0 aromatic heterocycles. The number of hydrogen-bond donors (Lipinski definition) is 1. The van der Waals surface area contributed by atoms with Gasteiger partial charge in [0.25, 0.3) is 0 Å². The minimum Gasteiger partial charge on any atom is -0.506 e. The van der Waals surface area contributed by atoms with Gasteiger partial charge >= 0.3 is 0 Å². The number of hydrogen-bond acceptors (Lipinski definition) is 7. The summed E-state index contributed by atoms with van der Waals surface area (Å²) in [4.78, 5) is 0. The lowest BCUT2D eigenvalue weighted by molar-refractivity contribution is 0.0459. The molecule has 0 saturated heterocycles. The fourth-order valence-electron chi connectivity index (χ4n) is 2.92. The van der Waals surface area contributed by atoms with Gasteiger partial charge in [-0.3, -0.25) is 0 Å². The van der Waals surface area contributed by atoms with Crippen LogP contribution in [0, 0.1) is 6.07 Å². The molecule has 0 aliphatic rings. The van der Waals surface area contributed by atoms with Crippen molar-refractivity contribution in [3.63, 3.8) is 0 Å². The summed E-state index contributed by atoms with van der Waals surface area (Å²) in [5, 5.41) is 10.7. The molecule has 1 N–H and O–H groups in total. The van der Waals surface area contributed by atoms with Crippen LogP contribution in [-0.2, 0) is 16.1 Å². The highest BCUT2D eigenvalue weighted by molar-refractivity contribution is 5.79. The van der Waals surface area contributed by atoms with Crippen LogP contribution in [0.4, 0.5) is 0 Å². The smallest absolute Gasteiger partial charge is 0.188 e. The fourth-order valence-corrected chi connectivity index (χ4v) is 2.92. The first kappa shape index (κ1) is 22.3. The SMILES string of the molecule is COCOc1[c]c(O)c(-c2ccc(OC)c(OCc3ccccc3)c2)c(OCOC)c1. The average molecular weight is 425 g/mol. The number of phenolic OH excluding ortho intramolecular Hbond substituents is 1. The van der Waals surface area contributed by atoms with E-state index in [-0.39, 0.29) is 25.1 Å². The number of phenols is 1. The molecular formula is C24H25O7. The van der Waals surface area contributed by atoms with E-state index in [1.165, 1.54) is 14.2 Å². The third kappa shape index (κ3) is 5.81. The van der Waals surface area contributed by atoms with Gasteiger partial charge in [0.15, 0.2) is 25.1 Å². The van der Waals surface area contributed by atoms with Crippen molar-refractivity contribution in [2.45, 2.75) is 6.61 Å². The summed E-state index contributed by atoms with van der Waals surface area (Å²) in [5.41, 5.74) is 2.10. The summed E-state index contributed by atoms with van der Waals surface area (Å²) in [6.07, 6.45) is 0. The highest BCUT2D eigenvalue weighted by atomic mass is 16.7. The quantitative estimate of drug-likeness (QED) is 0.456. The highest BCUT2D eigenvalue weighted by Gasteiger charge is 2.18. The molecule has 3 aromatic carbocycles. The van der Waals surface area contributed by atoms with Crippen molar-refractivity contribution in [2.75, 3.05) is 34.9 Å². The number of rotatable bonds is 11. The molecule has 163 valence electrons. The van der Waals surface area contributed by atoms with Crippen molar-refractivity contribution in [2.24, 2.45) is 0 Å². The summed E-state index contributed by atoms with van der Waals surface area (Å²) in [6.45, 7) is 0.377. The Hall–Kier alpha value is -3.42. The Morgan fingerprint density at radius 3 is 2.23 bits per heavy atom. The molecule has 0 amide bonds. The van der Waals surface area contributed by atoms with Gasteiger partial charge in [0, 0.05) is 20.3 Å². The molecule has 0 heterocycles. The normalized spacial score (nSPS) is 10.5. The van der Waals surface area contributed by atoms with E-state index in [1.807, 2.05) is 30.3 Å². The molecular weight excluding hydrogens is 400 g/mol. The first-order chi connectivity index (χ1) is 15.2. The summed E-state index contributed by atoms with van der Waals surface area (Å²) < 4.78 is 32.4. The maximum atomic E-state index is 10.7. The first-order valence-electron chi connectivity index (χ1n) is 9.54. The molecule has 0 bridgehead atoms. The zero-order valence-electron chi connectivity index (χ0n) is 17.7. The predicted molar refractivity (Wildman–Crippen MR) is 115 cm³/mol. The molecule has 7 heteroatoms. The van der Waals surface area contributed by atoms with Gasteiger partial charge in [-0.05, 0) is 23.3 Å². The van der Waals surface area contributed by atoms with Gasteiger partial charge in [-0.25, -0.2) is 0 Å². The van der Waals surface area contributed by atoms with Crippen molar-refractivity contribution in [1.82, 2.24) is 0 Å². The topological polar surface area (TPSA) is 75.6 Å². The van der Waals surface area contributed by atoms with Gasteiger partial charge in [-0.15, -0.1) is 0 Å². The number of aromatic hydroxyl groups is 1. The molecule has 3 aromatic rings. The van der Waals surface area contributed by atoms with E-state index in [0.717, 1.165) is 5.56 Å². The molecule has 0 aliphatic carbocycles. The van der Waals surface area contributed by atoms with Crippen LogP contribution < -0.4 is 18.9 Å². The molecule has 0 unspecified atom stereocenters. The van der Waals surface area contributed by atoms with Crippen LogP contribution in [0.2, 0.25) is 0 Å². The van der Waals surface area contributed by atoms with Gasteiger partial charge in [-0.1, -0.05) is 36.4 Å². The van der Waals surface area contributed by atoms with E-state index in [1.54, 1.807) is 31.4 Å². The molecule has 0 aliphatic heterocycles. The van der Waals surface area contributed by atoms with E-state index in [4.69, 9.17) is 28.4 Å². The summed E-state index contributed by atoms with van der Waals surface area (Å²) in [6, 6.07) is 19.6. The van der Waals surface area contributed by atoms with Gasteiger partial charge in [-0.2, -0.15) is 0 Å². The van der Waals surface area contributed by atoms with Gasteiger partial charge in [0.05, 0.1) is 18.7 Å². The average Bonchev–Trinajstić information content (AvgIpc) is 2.80. The summed E-state index contributed by atoms with van der Waals surface area (Å²) in [7, 11) is 4.59. The van der Waals surface area contributed by atoms with Gasteiger partial charge in [0.2, 0.25) is 0 Å². The second-order valence-electron chi connectivity index (χ2n) is 6.46. The van der Waals surface area contributed by atoms with Crippen molar-refractivity contribution < 1.29 is 33.5 Å². The molecule has 31 heavy (non-hydrogen) atoms. The van der Waals surface area contributed by atoms with Gasteiger partial charge in [0.1, 0.15) is 23.9 Å². The Labute approximate surface area is 181 Å². The van der Waals surface area contributed by atoms with Crippen LogP contribution in [0.25, 0.3) is 11.1 Å². The molecule has 3 rings (SSSR count). The molecule has 0 saturated carbocycles. The zero-order chi connectivity index (χ0) is 22.1. The van der Waals surface area contributed by atoms with Crippen LogP contribution in [-0.4, -0.2) is 40.0 Å². The number of benzene rings is 3. The predicted octanol–water partition coefficient (Wildman–Crippen LogP) is 4.41. The van der Waals surface area contributed by atoms with E-state index >= 15 is 0 Å². The Bertz CT molecular complexity index is 973. The molecule has 0 atom stereocenters. The van der Waals surface area contributed by atoms with Crippen molar-refractivity contribution in [1.29, 1.82) is 0 Å². The molecule has 1 radical (unpaired) electrons. The minimum atomic E-state index is -0.140. The van der Waals surface area contributed by atoms with Crippen LogP contribution >= 0.6 is 0 Å². The van der Waals surface area contributed by atoms with E-state index in [9.17, 15) is 5.11 Å². The monoisotopic (exact) mass is 425 g/mol. The second kappa shape index (κ2) is 11.1. The Morgan fingerprint density at radius 2 is 1.52 bits per heavy atom. The van der Waals surface area contributed by atoms with E-state index in [0.29, 0.717) is 35.0 Å². The number of ether oxygens (including phenoxy) is 6. The lowest BCUT2D eigenvalue weighted by atomic mass is 10.0. The van der Waals surface area contributed by atoms with E-state index < -0.39 is 0 Å². The maximum Gasteiger partial charge on any atom is 0.188 e. The van der Waals surface area contributed by atoms with E-state index in [2.05, 4.69) is 6.07 Å². The minimum absolute atomic E-state index is 0.00626. The fraction of sp³-hybridized carbons (Fsp3) is 0.250. The van der Waals surface area contributed by atoms with Crippen LogP contribution in [0.15, 0.2) is 54.6 Å². The highest BCUT2D eigenvalue weighted by Crippen LogP contribution is 2.43. The van der Waals surface area contributed by atoms with Crippen LogP contribution in [0.1, 0.15) is 5.56 Å². The van der Waals surface area contributed by atoms with Crippen molar-refractivity contribution >= 4 is 0 Å². The Balaban J connectivity index is 1.96. The maximum absolute atomic E-state index is 10.7. The molecule has 0 spiro atoms. The standard InChI is InChI=1S/C24H25O7/c1-26-15-30-19-12-20(25)24(23(13-19)31-16-27-2)18-9-10-21(28-3)22(11-18)29-14-17-7-5-4-6-8-17/h4-11,13,25H,14-16H2,1-3H3. The largest absolute Gasteiger partial charge is 0.506 e. The first-order valence-corrected chi connectivity index (χ1v) is 9.54. The Kier molecular flexibility index (Phi) is 7.98. The Morgan fingerprint density at radius 1 is 0.774 bits per heavy atom. The zero-order valence-corrected chi connectivity index (χ0v) is 17.7. The lowest BCUT2D eigenvalue weighted by Crippen LogP contribution is -2.03. The number of methoxy groups -OCH3 is 3. The third-order valence-electron chi connectivity index (χ3n) is 4.34. The lowest BCUT2D eigenvalue weighted by Gasteiger charge is -2.17. The van der Waals surface area contributed by atoms with Crippen molar-refractivity contribution in [3.8, 4) is 39.9 Å². The van der Waals surface area contributed by atoms with Gasteiger partial charge < -0.3 is 33.5 Å². The van der Waals surface area contributed by atoms with Crippen LogP contribution in [0.3, 0.4) is 0 Å². The third-order valence-corrected chi connectivity index (χ3v) is 4.34. The molecule has 0 fully saturated rings. The summed E-state index contributed by atoms with van der Waals surface area (Å²) in [5.74, 6) is 1.61. The summed E-state index contributed by atoms with van der Waals surface area (Å²) >= 11 is 0. The van der Waals surface area contributed by atoms with Crippen molar-refractivity contribution in [3.05, 3.63) is 66.2 Å². The second-order valence-corrected chi connectivity index (χ2v) is 6.46. The molecule has 7 nitrogen and oxygen atoms in total. The van der Waals surface area contributed by atoms with Crippen LogP contribution in [0.5, 0.6) is 28.7 Å².